The zero-order valence-corrected chi connectivity index (χ0v) is 62.7. The summed E-state index contributed by atoms with van der Waals surface area (Å²) in [5, 5.41) is 9.05. The van der Waals surface area contributed by atoms with Crippen LogP contribution in [0.25, 0.3) is 0 Å². The minimum absolute atomic E-state index is 0.0130. The first-order chi connectivity index (χ1) is 52.4. The van der Waals surface area contributed by atoms with E-state index >= 15 is 0 Å². The van der Waals surface area contributed by atoms with Gasteiger partial charge in [0.15, 0.2) is 46.8 Å². The highest BCUT2D eigenvalue weighted by atomic mass is 79.9. The van der Waals surface area contributed by atoms with Gasteiger partial charge in [-0.25, -0.2) is 24.7 Å². The van der Waals surface area contributed by atoms with Crippen LogP contribution in [0.4, 0.5) is 173 Å². The fourth-order valence-electron chi connectivity index (χ4n) is 6.31. The molecule has 0 bridgehead atoms. The number of carbonyl (C=O) groups is 1. The summed E-state index contributed by atoms with van der Waals surface area (Å²) in [5.41, 5.74) is 17.4. The summed E-state index contributed by atoms with van der Waals surface area (Å²) in [6.07, 6.45) is -64.1. The molecule has 0 radical (unpaired) electrons. The summed E-state index contributed by atoms with van der Waals surface area (Å²) < 4.78 is 427. The molecule has 6 heterocycles. The summed E-state index contributed by atoms with van der Waals surface area (Å²) in [4.78, 5) is 36.9. The van der Waals surface area contributed by atoms with E-state index < -0.39 is 213 Å². The second-order valence-electron chi connectivity index (χ2n) is 21.1. The molecule has 0 saturated heterocycles. The molecule has 6 aromatic rings. The molecule has 0 aliphatic carbocycles. The van der Waals surface area contributed by atoms with E-state index in [0.29, 0.717) is 83.1 Å². The van der Waals surface area contributed by atoms with Gasteiger partial charge in [-0.3, -0.25) is 5.32 Å². The number of alkyl carbamates (subject to hydrolysis) is 1. The second kappa shape index (κ2) is 43.5. The molecule has 0 saturated carbocycles. The second-order valence-corrected chi connectivity index (χ2v) is 23.6. The highest BCUT2D eigenvalue weighted by Gasteiger charge is 2.45. The van der Waals surface area contributed by atoms with Gasteiger partial charge in [0.1, 0.15) is 44.3 Å². The Balaban J connectivity index is 0.00000138. The van der Waals surface area contributed by atoms with Gasteiger partial charge in [-0.15, -0.1) is 0 Å². The molecule has 0 aliphatic heterocycles. The molecule has 6 aromatic heterocycles. The molecular formula is C58H51BrCl3F33N14O7S. The van der Waals surface area contributed by atoms with Crippen LogP contribution in [0.1, 0.15) is 80.6 Å². The van der Waals surface area contributed by atoms with Crippen molar-refractivity contribution in [3.8, 4) is 23.5 Å². The number of aliphatic hydroxyl groups is 1. The fourth-order valence-corrected chi connectivity index (χ4v) is 7.31. The van der Waals surface area contributed by atoms with E-state index in [2.05, 4.69) is 79.5 Å². The van der Waals surface area contributed by atoms with E-state index in [4.69, 9.17) is 80.8 Å². The number of hydrogen-bond donors (Lipinski definition) is 7. The van der Waals surface area contributed by atoms with Crippen molar-refractivity contribution in [3.63, 3.8) is 0 Å². The standard InChI is InChI=1S/C14H14F6N2O3S.C10H8BrF6N3O.C10H10F6N4O.C9H8F6N2O.C6H2Cl2F3N.C6H4ClF3N2.C3H5F3O/c1-3-24-12(23)22-11(26)6-9-8(14(18,19)20)4-5-10(21-9)25-7(2)13(15,16)17;1-4(9(12,13)14)21-6-3-2-5(10(15,16)17)7(19-6)20-8(11)18;1-4(9(11,12)13)21-6-3-2-5(10(14,15)16)7(19-6)20-8(17)18;1-4(8(10,11)12)18-6-3-2-5(7(16)17-6)9(13,14)15;7-4-2-1-3(5(8)12-4)6(9,10)11;7-4-2-1-3(5(11)12-4)6(8,9)10;1-2(7)3(4,5)6/h4-5,7H,3,6H2,1-2H3,(H,22,23,26);2-4H,1H3,(H2,18,19,20);2-4H,1H3,(H4,17,18,19,20);2-4H,1H3,(H2,16,17);1-2H;1-2H,(H2,11,12);2,7H,1H3/t7-;3*4-;;;2-/m0000..0/s1. The molecule has 0 fully saturated rings. The van der Waals surface area contributed by atoms with Crippen LogP contribution >= 0.6 is 63.0 Å². The Bertz CT molecular complexity index is 4090. The van der Waals surface area contributed by atoms with E-state index in [0.717, 1.165) is 24.3 Å². The van der Waals surface area contributed by atoms with Crippen LogP contribution in [0.15, 0.2) is 82.8 Å². The van der Waals surface area contributed by atoms with Crippen LogP contribution in [0.5, 0.6) is 23.5 Å². The number of rotatable bonds is 13. The van der Waals surface area contributed by atoms with Crippen LogP contribution in [0.2, 0.25) is 15.5 Å². The number of amidine groups is 1. The van der Waals surface area contributed by atoms with Crippen molar-refractivity contribution in [2.45, 2.75) is 146 Å². The zero-order valence-electron chi connectivity index (χ0n) is 58.0. The Morgan fingerprint density at radius 3 is 1.00 bits per heavy atom. The normalized spacial score (nSPS) is 13.7. The number of ether oxygens (including phenoxy) is 5. The van der Waals surface area contributed by atoms with Crippen molar-refractivity contribution < 1.29 is 178 Å². The number of carbonyl (C=O) groups excluding carboxylic acids is 1. The van der Waals surface area contributed by atoms with Crippen LogP contribution in [-0.4, -0.2) is 125 Å². The van der Waals surface area contributed by atoms with Gasteiger partial charge < -0.3 is 57.5 Å². The molecular weight excluding hydrogens is 1850 g/mol. The van der Waals surface area contributed by atoms with Crippen molar-refractivity contribution in [2.75, 3.05) is 18.1 Å². The molecule has 21 nitrogen and oxygen atoms in total. The van der Waals surface area contributed by atoms with Gasteiger partial charge in [-0.05, 0) is 106 Å². The zero-order chi connectivity index (χ0) is 91.9. The number of anilines is 2. The van der Waals surface area contributed by atoms with Gasteiger partial charge >= 0.3 is 74.0 Å². The van der Waals surface area contributed by atoms with E-state index in [-0.39, 0.29) is 21.9 Å². The molecule has 0 spiro atoms. The van der Waals surface area contributed by atoms with Crippen molar-refractivity contribution in [1.82, 2.24) is 35.2 Å². The van der Waals surface area contributed by atoms with Gasteiger partial charge in [0.25, 0.3) is 0 Å². The lowest BCUT2D eigenvalue weighted by Crippen LogP contribution is -2.32. The molecule has 1 amide bonds. The monoisotopic (exact) mass is 1900 g/mol. The third-order valence-corrected chi connectivity index (χ3v) is 13.0. The Morgan fingerprint density at radius 2 is 0.718 bits per heavy atom. The van der Waals surface area contributed by atoms with E-state index in [9.17, 15) is 150 Å². The van der Waals surface area contributed by atoms with Crippen molar-refractivity contribution in [1.29, 1.82) is 0 Å². The molecule has 0 unspecified atom stereocenters. The number of nitrogens with one attached hydrogen (secondary N) is 1. The smallest absolute Gasteiger partial charge is 0.425 e. The lowest BCUT2D eigenvalue weighted by Gasteiger charge is -2.19. The number of alkyl halides is 33. The minimum Gasteiger partial charge on any atom is -0.465 e. The van der Waals surface area contributed by atoms with E-state index in [1.54, 1.807) is 0 Å². The summed E-state index contributed by atoms with van der Waals surface area (Å²) in [7, 11) is 0. The SMILES string of the molecule is CCOC(=O)NC(=S)Cc1nc(O[C@@H](C)C(F)(F)F)ccc1C(F)(F)F.C[C@H](O)C(F)(F)F.C[C@H](Oc1ccc(C(F)(F)F)c(N)n1)C(F)(F)F.C[C@H](Oc1ccc(C(F)(F)F)c(N=C(N)Br)n1)C(F)(F)F.C[C@H](Oc1ccc(C(F)(F)F)c(N=C(N)N)n1)C(F)(F)F.FC(F)(F)c1ccc(Cl)nc1Cl.Nc1nc(Cl)ccc1C(F)(F)F. The molecule has 12 N–H and O–H groups in total. The molecule has 59 heteroatoms. The number of hydrogen-bond acceptors (Lipinski definition) is 18. The lowest BCUT2D eigenvalue weighted by molar-refractivity contribution is -0.197. The average Bonchev–Trinajstić information content (AvgIpc) is 0.825. The first-order valence-corrected chi connectivity index (χ1v) is 32.0. The van der Waals surface area contributed by atoms with Crippen molar-refractivity contribution in [2.24, 2.45) is 27.2 Å². The van der Waals surface area contributed by atoms with Crippen LogP contribution in [0.3, 0.4) is 0 Å². The van der Waals surface area contributed by atoms with E-state index in [1.165, 1.54) is 6.92 Å². The molecule has 660 valence electrons. The number of halogens is 37. The highest BCUT2D eigenvalue weighted by molar-refractivity contribution is 9.18. The number of pyridine rings is 6. The molecule has 6 rings (SSSR count). The van der Waals surface area contributed by atoms with Gasteiger partial charge in [-0.2, -0.15) is 165 Å². The predicted molar refractivity (Wildman–Crippen MR) is 354 cm³/mol. The number of aliphatic imine (C=N–C) groups is 2. The number of amides is 1. The summed E-state index contributed by atoms with van der Waals surface area (Å²) >= 11 is 23.2. The number of thiocarbonyl (C=S) groups is 1. The minimum atomic E-state index is -4.82. The molecule has 0 aliphatic rings. The van der Waals surface area contributed by atoms with Crippen molar-refractivity contribution >= 4 is 108 Å². The Kier molecular flexibility index (Phi) is 40.1. The Morgan fingerprint density at radius 1 is 0.436 bits per heavy atom. The third kappa shape index (κ3) is 40.7. The topological polar surface area (TPSA) is 328 Å². The van der Waals surface area contributed by atoms with Gasteiger partial charge in [0.2, 0.25) is 23.5 Å². The average molecular weight is 1900 g/mol. The van der Waals surface area contributed by atoms with Crippen molar-refractivity contribution in [3.05, 3.63) is 127 Å². The predicted octanol–water partition coefficient (Wildman–Crippen LogP) is 19.8. The molecule has 0 aromatic carbocycles. The number of nitrogens with two attached hydrogens (primary N) is 5. The maximum absolute atomic E-state index is 13.0. The Hall–Kier alpha value is -9.20. The highest BCUT2D eigenvalue weighted by Crippen LogP contribution is 2.42. The number of nitrogens with zero attached hydrogens (tertiary/aromatic N) is 8. The first-order valence-electron chi connectivity index (χ1n) is 29.6. The molecule has 5 atom stereocenters. The summed E-state index contributed by atoms with van der Waals surface area (Å²) in [5.74, 6) is -6.76. The van der Waals surface area contributed by atoms with Crippen LogP contribution in [-0.2, 0) is 48.2 Å². The fraction of sp³-hybridized carbons (Fsp3) is 0.414. The summed E-state index contributed by atoms with van der Waals surface area (Å²) in [6.45, 7) is 4.97. The van der Waals surface area contributed by atoms with Gasteiger partial charge in [-0.1, -0.05) is 47.0 Å². The van der Waals surface area contributed by atoms with E-state index in [1.807, 2.05) is 5.32 Å². The summed E-state index contributed by atoms with van der Waals surface area (Å²) in [6, 6.07) is 8.39. The maximum Gasteiger partial charge on any atom is 0.425 e. The molecule has 117 heavy (non-hydrogen) atoms. The third-order valence-electron chi connectivity index (χ3n) is 11.9. The largest absolute Gasteiger partial charge is 0.465 e. The lowest BCUT2D eigenvalue weighted by atomic mass is 10.1. The maximum atomic E-state index is 13.0. The van der Waals surface area contributed by atoms with Gasteiger partial charge in [0.05, 0.1) is 39.5 Å². The number of aromatic nitrogens is 6. The number of aliphatic hydroxyl groups excluding tert-OH is 1. The number of guanidine groups is 1. The number of nitrogen functional groups attached to an aromatic ring is 2. The first kappa shape index (κ1) is 108. The van der Waals surface area contributed by atoms with Crippen LogP contribution < -0.4 is 52.9 Å². The van der Waals surface area contributed by atoms with Gasteiger partial charge in [0, 0.05) is 30.7 Å². The van der Waals surface area contributed by atoms with Crippen LogP contribution in [0, 0.1) is 0 Å². The quantitative estimate of drug-likeness (QED) is 0.0141. The Labute approximate surface area is 661 Å².